The van der Waals surface area contributed by atoms with E-state index in [0.29, 0.717) is 13.0 Å². The second-order valence-corrected chi connectivity index (χ2v) is 5.57. The molecule has 112 valence electrons. The number of rotatable bonds is 5. The topological polar surface area (TPSA) is 83.0 Å². The van der Waals surface area contributed by atoms with Crippen molar-refractivity contribution in [1.29, 1.82) is 0 Å². The summed E-state index contributed by atoms with van der Waals surface area (Å²) in [5.74, 6) is 1.58. The van der Waals surface area contributed by atoms with Crippen LogP contribution in [0.3, 0.4) is 0 Å². The van der Waals surface area contributed by atoms with Crippen LogP contribution in [-0.2, 0) is 16.1 Å². The Labute approximate surface area is 119 Å². The largest absolute Gasteiger partial charge is 0.465 e. The van der Waals surface area contributed by atoms with Gasteiger partial charge in [0.2, 0.25) is 0 Å². The van der Waals surface area contributed by atoms with Crippen LogP contribution in [0.15, 0.2) is 0 Å². The standard InChI is InChI=1S/C14H24N4O2/c1-4-20-13(19)14(15)8-5-6-12(14)7-9-18-11(3)16-10(2)17-18/h12H,4-9,15H2,1-3H3. The fourth-order valence-corrected chi connectivity index (χ4v) is 3.09. The molecule has 0 aromatic carbocycles. The van der Waals surface area contributed by atoms with E-state index in [1.54, 1.807) is 0 Å². The summed E-state index contributed by atoms with van der Waals surface area (Å²) in [5.41, 5.74) is 5.50. The Morgan fingerprint density at radius 2 is 2.30 bits per heavy atom. The molecular formula is C14H24N4O2. The highest BCUT2D eigenvalue weighted by Gasteiger charge is 2.46. The molecule has 1 saturated carbocycles. The van der Waals surface area contributed by atoms with Gasteiger partial charge in [0.05, 0.1) is 6.61 Å². The van der Waals surface area contributed by atoms with Crippen molar-refractivity contribution in [2.45, 2.75) is 58.5 Å². The summed E-state index contributed by atoms with van der Waals surface area (Å²) in [7, 11) is 0. The molecule has 1 aromatic rings. The van der Waals surface area contributed by atoms with E-state index in [2.05, 4.69) is 10.1 Å². The van der Waals surface area contributed by atoms with Gasteiger partial charge in [-0.3, -0.25) is 9.48 Å². The zero-order valence-electron chi connectivity index (χ0n) is 12.6. The van der Waals surface area contributed by atoms with Gasteiger partial charge in [-0.25, -0.2) is 4.98 Å². The molecule has 0 radical (unpaired) electrons. The third kappa shape index (κ3) is 2.85. The minimum atomic E-state index is -0.820. The molecule has 0 bridgehead atoms. The summed E-state index contributed by atoms with van der Waals surface area (Å²) < 4.78 is 7.03. The molecule has 1 aliphatic rings. The molecule has 1 fully saturated rings. The van der Waals surface area contributed by atoms with Gasteiger partial charge in [-0.15, -0.1) is 0 Å². The van der Waals surface area contributed by atoms with Crippen LogP contribution in [0.2, 0.25) is 0 Å². The molecule has 1 heterocycles. The smallest absolute Gasteiger partial charge is 0.326 e. The Morgan fingerprint density at radius 3 is 2.90 bits per heavy atom. The van der Waals surface area contributed by atoms with E-state index < -0.39 is 5.54 Å². The van der Waals surface area contributed by atoms with Gasteiger partial charge in [0, 0.05) is 6.54 Å². The van der Waals surface area contributed by atoms with E-state index in [9.17, 15) is 4.79 Å². The van der Waals surface area contributed by atoms with Gasteiger partial charge < -0.3 is 10.5 Å². The average Bonchev–Trinajstić information content (AvgIpc) is 2.91. The van der Waals surface area contributed by atoms with E-state index >= 15 is 0 Å². The predicted molar refractivity (Wildman–Crippen MR) is 75.0 cm³/mol. The van der Waals surface area contributed by atoms with Crippen molar-refractivity contribution in [3.05, 3.63) is 11.6 Å². The molecular weight excluding hydrogens is 256 g/mol. The van der Waals surface area contributed by atoms with Crippen molar-refractivity contribution in [3.63, 3.8) is 0 Å². The summed E-state index contributed by atoms with van der Waals surface area (Å²) in [4.78, 5) is 16.4. The second-order valence-electron chi connectivity index (χ2n) is 5.57. The second kappa shape index (κ2) is 5.91. The van der Waals surface area contributed by atoms with Crippen LogP contribution in [0.5, 0.6) is 0 Å². The molecule has 2 atom stereocenters. The van der Waals surface area contributed by atoms with Gasteiger partial charge in [-0.05, 0) is 46.0 Å². The number of hydrogen-bond donors (Lipinski definition) is 1. The molecule has 0 spiro atoms. The number of ether oxygens (including phenoxy) is 1. The first-order valence-corrected chi connectivity index (χ1v) is 7.31. The summed E-state index contributed by atoms with van der Waals surface area (Å²) in [5, 5.41) is 4.35. The molecule has 1 aromatic heterocycles. The van der Waals surface area contributed by atoms with Gasteiger partial charge in [0.1, 0.15) is 17.2 Å². The van der Waals surface area contributed by atoms with Gasteiger partial charge in [0.15, 0.2) is 0 Å². The number of aromatic nitrogens is 3. The molecule has 1 aliphatic carbocycles. The Kier molecular flexibility index (Phi) is 4.42. The fraction of sp³-hybridized carbons (Fsp3) is 0.786. The lowest BCUT2D eigenvalue weighted by Gasteiger charge is -2.29. The van der Waals surface area contributed by atoms with Crippen LogP contribution in [-0.4, -0.2) is 32.9 Å². The Morgan fingerprint density at radius 1 is 1.55 bits per heavy atom. The molecule has 2 rings (SSSR count). The van der Waals surface area contributed by atoms with Crippen LogP contribution in [0.1, 0.15) is 44.3 Å². The Hall–Kier alpha value is -1.43. The number of carbonyl (C=O) groups is 1. The third-order valence-corrected chi connectivity index (χ3v) is 4.18. The highest BCUT2D eigenvalue weighted by atomic mass is 16.5. The monoisotopic (exact) mass is 280 g/mol. The van der Waals surface area contributed by atoms with Gasteiger partial charge in [0.25, 0.3) is 0 Å². The molecule has 6 heteroatoms. The van der Waals surface area contributed by atoms with Gasteiger partial charge in [-0.1, -0.05) is 6.42 Å². The maximum absolute atomic E-state index is 12.1. The number of hydrogen-bond acceptors (Lipinski definition) is 5. The maximum Gasteiger partial charge on any atom is 0.326 e. The molecule has 2 unspecified atom stereocenters. The lowest BCUT2D eigenvalue weighted by molar-refractivity contribution is -0.151. The molecule has 0 aliphatic heterocycles. The first kappa shape index (κ1) is 15.0. The molecule has 0 saturated heterocycles. The fourth-order valence-electron chi connectivity index (χ4n) is 3.09. The maximum atomic E-state index is 12.1. The van der Waals surface area contributed by atoms with E-state index in [0.717, 1.165) is 37.5 Å². The molecule has 0 amide bonds. The van der Waals surface area contributed by atoms with Gasteiger partial charge >= 0.3 is 5.97 Å². The number of carbonyl (C=O) groups excluding carboxylic acids is 1. The zero-order valence-corrected chi connectivity index (χ0v) is 12.6. The van der Waals surface area contributed by atoms with E-state index in [4.69, 9.17) is 10.5 Å². The highest BCUT2D eigenvalue weighted by Crippen LogP contribution is 2.37. The summed E-state index contributed by atoms with van der Waals surface area (Å²) in [6.07, 6.45) is 3.50. The lowest BCUT2D eigenvalue weighted by atomic mass is 9.85. The zero-order chi connectivity index (χ0) is 14.8. The van der Waals surface area contributed by atoms with Crippen LogP contribution >= 0.6 is 0 Å². The normalized spacial score (nSPS) is 25.9. The first-order valence-electron chi connectivity index (χ1n) is 7.31. The van der Waals surface area contributed by atoms with Crippen LogP contribution in [0.25, 0.3) is 0 Å². The van der Waals surface area contributed by atoms with E-state index in [1.807, 2.05) is 25.5 Å². The van der Waals surface area contributed by atoms with Crippen LogP contribution in [0.4, 0.5) is 0 Å². The lowest BCUT2D eigenvalue weighted by Crippen LogP contribution is -2.52. The van der Waals surface area contributed by atoms with Crippen molar-refractivity contribution in [2.75, 3.05) is 6.61 Å². The molecule has 2 N–H and O–H groups in total. The number of aryl methyl sites for hydroxylation is 3. The minimum Gasteiger partial charge on any atom is -0.465 e. The van der Waals surface area contributed by atoms with Crippen molar-refractivity contribution >= 4 is 5.97 Å². The average molecular weight is 280 g/mol. The van der Waals surface area contributed by atoms with Crippen molar-refractivity contribution in [2.24, 2.45) is 11.7 Å². The quantitative estimate of drug-likeness (QED) is 0.823. The number of esters is 1. The highest BCUT2D eigenvalue weighted by molar-refractivity contribution is 5.81. The minimum absolute atomic E-state index is 0.158. The van der Waals surface area contributed by atoms with Crippen molar-refractivity contribution in [1.82, 2.24) is 14.8 Å². The molecule has 6 nitrogen and oxygen atoms in total. The number of nitrogens with two attached hydrogens (primary N) is 1. The Balaban J connectivity index is 2.01. The third-order valence-electron chi connectivity index (χ3n) is 4.18. The van der Waals surface area contributed by atoms with Gasteiger partial charge in [-0.2, -0.15) is 5.10 Å². The van der Waals surface area contributed by atoms with Crippen molar-refractivity contribution in [3.8, 4) is 0 Å². The van der Waals surface area contributed by atoms with Crippen LogP contribution in [0, 0.1) is 19.8 Å². The number of nitrogens with zero attached hydrogens (tertiary/aromatic N) is 3. The van der Waals surface area contributed by atoms with Crippen LogP contribution < -0.4 is 5.73 Å². The van der Waals surface area contributed by atoms with Crippen molar-refractivity contribution < 1.29 is 9.53 Å². The van der Waals surface area contributed by atoms with E-state index in [1.165, 1.54) is 0 Å². The summed E-state index contributed by atoms with van der Waals surface area (Å²) in [6, 6.07) is 0. The SMILES string of the molecule is CCOC(=O)C1(N)CCCC1CCn1nc(C)nc1C. The summed E-state index contributed by atoms with van der Waals surface area (Å²) in [6.45, 7) is 6.76. The first-order chi connectivity index (χ1) is 9.47. The Bertz CT molecular complexity index is 486. The van der Waals surface area contributed by atoms with E-state index in [-0.39, 0.29) is 11.9 Å². The summed E-state index contributed by atoms with van der Waals surface area (Å²) >= 11 is 0. The molecule has 20 heavy (non-hydrogen) atoms. The predicted octanol–water partition coefficient (Wildman–Crippen LogP) is 1.35.